The van der Waals surface area contributed by atoms with Gasteiger partial charge in [0, 0.05) is 17.8 Å². The highest BCUT2D eigenvalue weighted by molar-refractivity contribution is 6.04. The standard InChI is InChI=1S/C21H27N3O/c1-13(2)11-18(23)21(25)24-12-14(3)15-7-4-5-8-16(15)20-17(22)9-6-10-19(20)24/h4-10,13-14,18H,11-12,22-23H2,1-3H3/t14?,18-/m0/s1. The molecule has 2 aromatic rings. The van der Waals surface area contributed by atoms with E-state index in [-0.39, 0.29) is 11.8 Å². The fourth-order valence-electron chi connectivity index (χ4n) is 3.72. The Hall–Kier alpha value is -2.33. The van der Waals surface area contributed by atoms with Crippen LogP contribution in [-0.2, 0) is 4.79 Å². The fraction of sp³-hybridized carbons (Fsp3) is 0.381. The first-order valence-corrected chi connectivity index (χ1v) is 8.95. The monoisotopic (exact) mass is 337 g/mol. The summed E-state index contributed by atoms with van der Waals surface area (Å²) in [5, 5.41) is 0. The van der Waals surface area contributed by atoms with E-state index in [4.69, 9.17) is 11.5 Å². The molecule has 0 saturated heterocycles. The van der Waals surface area contributed by atoms with Gasteiger partial charge in [-0.25, -0.2) is 0 Å². The molecular weight excluding hydrogens is 310 g/mol. The number of amides is 1. The van der Waals surface area contributed by atoms with Crippen LogP contribution in [-0.4, -0.2) is 18.5 Å². The summed E-state index contributed by atoms with van der Waals surface area (Å²) in [6, 6.07) is 13.5. The van der Waals surface area contributed by atoms with Crippen LogP contribution < -0.4 is 16.4 Å². The summed E-state index contributed by atoms with van der Waals surface area (Å²) >= 11 is 0. The molecule has 1 heterocycles. The highest BCUT2D eigenvalue weighted by atomic mass is 16.2. The number of anilines is 2. The number of hydrogen-bond donors (Lipinski definition) is 2. The molecule has 25 heavy (non-hydrogen) atoms. The first-order valence-electron chi connectivity index (χ1n) is 8.95. The molecule has 0 aliphatic carbocycles. The van der Waals surface area contributed by atoms with Gasteiger partial charge in [-0.05, 0) is 41.5 Å². The maximum Gasteiger partial charge on any atom is 0.243 e. The minimum absolute atomic E-state index is 0.0276. The van der Waals surface area contributed by atoms with Crippen LogP contribution in [0.2, 0.25) is 0 Å². The predicted octanol–water partition coefficient (Wildman–Crippen LogP) is 3.76. The van der Waals surface area contributed by atoms with E-state index < -0.39 is 6.04 Å². The predicted molar refractivity (Wildman–Crippen MR) is 104 cm³/mol. The van der Waals surface area contributed by atoms with E-state index in [9.17, 15) is 4.79 Å². The third-order valence-corrected chi connectivity index (χ3v) is 4.89. The van der Waals surface area contributed by atoms with Crippen LogP contribution in [0.25, 0.3) is 11.1 Å². The zero-order valence-electron chi connectivity index (χ0n) is 15.2. The lowest BCUT2D eigenvalue weighted by Crippen LogP contribution is -2.45. The molecule has 2 aromatic carbocycles. The smallest absolute Gasteiger partial charge is 0.243 e. The van der Waals surface area contributed by atoms with Crippen molar-refractivity contribution in [2.45, 2.75) is 39.2 Å². The Morgan fingerprint density at radius 1 is 1.20 bits per heavy atom. The van der Waals surface area contributed by atoms with Crippen molar-refractivity contribution in [2.75, 3.05) is 17.2 Å². The Bertz CT molecular complexity index is 784. The van der Waals surface area contributed by atoms with E-state index in [2.05, 4.69) is 32.9 Å². The Kier molecular flexibility index (Phi) is 4.82. The van der Waals surface area contributed by atoms with Gasteiger partial charge in [-0.15, -0.1) is 0 Å². The highest BCUT2D eigenvalue weighted by Gasteiger charge is 2.31. The lowest BCUT2D eigenvalue weighted by Gasteiger charge is -2.28. The summed E-state index contributed by atoms with van der Waals surface area (Å²) in [4.78, 5) is 15.0. The maximum atomic E-state index is 13.1. The normalized spacial score (nSPS) is 17.6. The summed E-state index contributed by atoms with van der Waals surface area (Å²) in [6.45, 7) is 6.92. The molecular formula is C21H27N3O. The average Bonchev–Trinajstić information content (AvgIpc) is 2.70. The molecule has 0 spiro atoms. The van der Waals surface area contributed by atoms with E-state index in [1.807, 2.05) is 35.2 Å². The number of carbonyl (C=O) groups excluding carboxylic acids is 1. The van der Waals surface area contributed by atoms with Gasteiger partial charge in [-0.1, -0.05) is 51.1 Å². The SMILES string of the molecule is CC(C)C[C@H](N)C(=O)N1CC(C)c2ccccc2-c2c(N)cccc21. The van der Waals surface area contributed by atoms with Crippen molar-refractivity contribution in [3.8, 4) is 11.1 Å². The zero-order chi connectivity index (χ0) is 18.1. The summed E-state index contributed by atoms with van der Waals surface area (Å²) in [6.07, 6.45) is 0.675. The van der Waals surface area contributed by atoms with Crippen LogP contribution in [0.3, 0.4) is 0 Å². The molecule has 1 aliphatic rings. The van der Waals surface area contributed by atoms with Gasteiger partial charge >= 0.3 is 0 Å². The molecule has 0 bridgehead atoms. The molecule has 132 valence electrons. The van der Waals surface area contributed by atoms with Crippen LogP contribution in [0.4, 0.5) is 11.4 Å². The Morgan fingerprint density at radius 2 is 1.92 bits per heavy atom. The van der Waals surface area contributed by atoms with Gasteiger partial charge in [-0.3, -0.25) is 4.79 Å². The van der Waals surface area contributed by atoms with E-state index in [1.165, 1.54) is 5.56 Å². The van der Waals surface area contributed by atoms with Crippen molar-refractivity contribution in [1.82, 2.24) is 0 Å². The van der Waals surface area contributed by atoms with Crippen molar-refractivity contribution in [2.24, 2.45) is 11.7 Å². The molecule has 1 amide bonds. The topological polar surface area (TPSA) is 72.4 Å². The van der Waals surface area contributed by atoms with Gasteiger partial charge in [0.05, 0.1) is 11.7 Å². The third kappa shape index (κ3) is 3.27. The molecule has 3 rings (SSSR count). The van der Waals surface area contributed by atoms with Crippen LogP contribution in [0.1, 0.15) is 38.7 Å². The van der Waals surface area contributed by atoms with Gasteiger partial charge in [-0.2, -0.15) is 0 Å². The number of benzene rings is 2. The lowest BCUT2D eigenvalue weighted by atomic mass is 9.92. The van der Waals surface area contributed by atoms with Crippen LogP contribution >= 0.6 is 0 Å². The lowest BCUT2D eigenvalue weighted by molar-refractivity contribution is -0.120. The van der Waals surface area contributed by atoms with Gasteiger partial charge < -0.3 is 16.4 Å². The molecule has 0 aromatic heterocycles. The number of fused-ring (bicyclic) bond motifs is 3. The number of hydrogen-bond acceptors (Lipinski definition) is 3. The number of carbonyl (C=O) groups is 1. The second kappa shape index (κ2) is 6.89. The number of nitrogen functional groups attached to an aromatic ring is 1. The van der Waals surface area contributed by atoms with Gasteiger partial charge in [0.15, 0.2) is 0 Å². The van der Waals surface area contributed by atoms with Crippen LogP contribution in [0.15, 0.2) is 42.5 Å². The maximum absolute atomic E-state index is 13.1. The van der Waals surface area contributed by atoms with Crippen molar-refractivity contribution in [3.05, 3.63) is 48.0 Å². The number of rotatable bonds is 3. The van der Waals surface area contributed by atoms with Crippen molar-refractivity contribution in [3.63, 3.8) is 0 Å². The summed E-state index contributed by atoms with van der Waals surface area (Å²) in [5.41, 5.74) is 17.4. The van der Waals surface area contributed by atoms with E-state index in [1.54, 1.807) is 0 Å². The Labute approximate surface area is 149 Å². The number of nitrogens with zero attached hydrogens (tertiary/aromatic N) is 1. The molecule has 4 heteroatoms. The first-order chi connectivity index (χ1) is 11.9. The van der Waals surface area contributed by atoms with Crippen LogP contribution in [0.5, 0.6) is 0 Å². The fourth-order valence-corrected chi connectivity index (χ4v) is 3.72. The Morgan fingerprint density at radius 3 is 2.64 bits per heavy atom. The summed E-state index contributed by atoms with van der Waals surface area (Å²) in [5.74, 6) is 0.555. The van der Waals surface area contributed by atoms with Gasteiger partial charge in [0.1, 0.15) is 0 Å². The van der Waals surface area contributed by atoms with Crippen LogP contribution in [0, 0.1) is 5.92 Å². The average molecular weight is 337 g/mol. The summed E-state index contributed by atoms with van der Waals surface area (Å²) < 4.78 is 0. The summed E-state index contributed by atoms with van der Waals surface area (Å²) in [7, 11) is 0. The van der Waals surface area contributed by atoms with Gasteiger partial charge in [0.25, 0.3) is 0 Å². The molecule has 4 N–H and O–H groups in total. The van der Waals surface area contributed by atoms with E-state index in [0.29, 0.717) is 24.6 Å². The van der Waals surface area contributed by atoms with Crippen molar-refractivity contribution < 1.29 is 4.79 Å². The molecule has 1 unspecified atom stereocenters. The van der Waals surface area contributed by atoms with Crippen molar-refractivity contribution >= 4 is 17.3 Å². The zero-order valence-corrected chi connectivity index (χ0v) is 15.2. The molecule has 0 fully saturated rings. The minimum atomic E-state index is -0.498. The minimum Gasteiger partial charge on any atom is -0.398 e. The first kappa shape index (κ1) is 17.5. The third-order valence-electron chi connectivity index (χ3n) is 4.89. The van der Waals surface area contributed by atoms with Gasteiger partial charge in [0.2, 0.25) is 5.91 Å². The van der Waals surface area contributed by atoms with E-state index in [0.717, 1.165) is 16.8 Å². The molecule has 0 saturated carbocycles. The second-order valence-electron chi connectivity index (χ2n) is 7.41. The largest absolute Gasteiger partial charge is 0.398 e. The van der Waals surface area contributed by atoms with E-state index >= 15 is 0 Å². The molecule has 0 radical (unpaired) electrons. The molecule has 2 atom stereocenters. The van der Waals surface area contributed by atoms with Crippen molar-refractivity contribution in [1.29, 1.82) is 0 Å². The molecule has 4 nitrogen and oxygen atoms in total. The quantitative estimate of drug-likeness (QED) is 0.838. The highest BCUT2D eigenvalue weighted by Crippen LogP contribution is 2.43. The number of nitrogens with two attached hydrogens (primary N) is 2. The molecule has 1 aliphatic heterocycles. The Balaban J connectivity index is 2.12. The second-order valence-corrected chi connectivity index (χ2v) is 7.41.